The van der Waals surface area contributed by atoms with Crippen LogP contribution in [0.15, 0.2) is 24.5 Å². The number of H-pyrrole nitrogens is 1. The van der Waals surface area contributed by atoms with Crippen LogP contribution in [0, 0.1) is 13.8 Å². The van der Waals surface area contributed by atoms with Crippen LogP contribution in [0.25, 0.3) is 11.0 Å². The molecule has 124 valence electrons. The highest BCUT2D eigenvalue weighted by Gasteiger charge is 2.31. The Morgan fingerprint density at radius 3 is 3.08 bits per heavy atom. The van der Waals surface area contributed by atoms with Gasteiger partial charge in [0.05, 0.1) is 23.5 Å². The number of likely N-dealkylation sites (tertiary alicyclic amines) is 1. The second-order valence-corrected chi connectivity index (χ2v) is 6.38. The molecule has 1 fully saturated rings. The number of pyridine rings is 1. The second kappa shape index (κ2) is 5.74. The van der Waals surface area contributed by atoms with Crippen molar-refractivity contribution < 1.29 is 4.79 Å². The highest BCUT2D eigenvalue weighted by atomic mass is 16.2. The lowest BCUT2D eigenvalue weighted by Crippen LogP contribution is -2.38. The van der Waals surface area contributed by atoms with E-state index in [1.807, 2.05) is 41.8 Å². The second-order valence-electron chi connectivity index (χ2n) is 6.38. The van der Waals surface area contributed by atoms with Crippen LogP contribution < -0.4 is 0 Å². The number of hydrogen-bond acceptors (Lipinski definition) is 4. The van der Waals surface area contributed by atoms with Gasteiger partial charge in [-0.25, -0.2) is 4.98 Å². The molecular formula is C17H20N6O. The minimum Gasteiger partial charge on any atom is -0.334 e. The van der Waals surface area contributed by atoms with Gasteiger partial charge in [-0.3, -0.25) is 14.6 Å². The summed E-state index contributed by atoms with van der Waals surface area (Å²) in [6.45, 7) is 5.33. The van der Waals surface area contributed by atoms with E-state index in [1.165, 1.54) is 0 Å². The van der Waals surface area contributed by atoms with Crippen molar-refractivity contribution in [2.45, 2.75) is 39.3 Å². The van der Waals surface area contributed by atoms with Gasteiger partial charge in [0.25, 0.3) is 5.91 Å². The van der Waals surface area contributed by atoms with Crippen LogP contribution in [0.3, 0.4) is 0 Å². The summed E-state index contributed by atoms with van der Waals surface area (Å²) >= 11 is 0. The first-order valence-electron chi connectivity index (χ1n) is 8.24. The maximum absolute atomic E-state index is 13.2. The van der Waals surface area contributed by atoms with E-state index in [2.05, 4.69) is 20.3 Å². The van der Waals surface area contributed by atoms with E-state index in [4.69, 9.17) is 0 Å². The van der Waals surface area contributed by atoms with Crippen LogP contribution in [0.1, 0.15) is 34.6 Å². The van der Waals surface area contributed by atoms with Gasteiger partial charge in [0.15, 0.2) is 5.65 Å². The highest BCUT2D eigenvalue weighted by Crippen LogP contribution is 2.26. The topological polar surface area (TPSA) is 79.7 Å². The fourth-order valence-electron chi connectivity index (χ4n) is 3.54. The van der Waals surface area contributed by atoms with E-state index in [-0.39, 0.29) is 11.9 Å². The van der Waals surface area contributed by atoms with E-state index in [9.17, 15) is 4.79 Å². The molecule has 4 heterocycles. The van der Waals surface area contributed by atoms with Gasteiger partial charge >= 0.3 is 0 Å². The van der Waals surface area contributed by atoms with Crippen LogP contribution >= 0.6 is 0 Å². The summed E-state index contributed by atoms with van der Waals surface area (Å²) in [5.41, 5.74) is 2.98. The predicted octanol–water partition coefficient (Wildman–Crippen LogP) is 2.08. The SMILES string of the molecule is Cc1cc(C(=O)N2CCC[C@H]2Cn2cccn2)c2c(C)[nH]nc2n1. The molecule has 1 aliphatic heterocycles. The Labute approximate surface area is 139 Å². The summed E-state index contributed by atoms with van der Waals surface area (Å²) in [6.07, 6.45) is 5.74. The molecule has 0 spiro atoms. The molecule has 1 amide bonds. The minimum atomic E-state index is 0.0599. The lowest BCUT2D eigenvalue weighted by molar-refractivity contribution is 0.0723. The third kappa shape index (κ3) is 2.46. The van der Waals surface area contributed by atoms with Crippen LogP contribution in [-0.4, -0.2) is 48.4 Å². The highest BCUT2D eigenvalue weighted by molar-refractivity contribution is 6.06. The Morgan fingerprint density at radius 2 is 2.29 bits per heavy atom. The maximum atomic E-state index is 13.2. The van der Waals surface area contributed by atoms with Gasteiger partial charge < -0.3 is 4.90 Å². The molecule has 4 rings (SSSR count). The number of hydrogen-bond donors (Lipinski definition) is 1. The zero-order chi connectivity index (χ0) is 16.7. The van der Waals surface area contributed by atoms with Crippen molar-refractivity contribution in [1.29, 1.82) is 0 Å². The van der Waals surface area contributed by atoms with Crippen LogP contribution in [0.4, 0.5) is 0 Å². The molecule has 3 aromatic heterocycles. The van der Waals surface area contributed by atoms with Gasteiger partial charge in [-0.05, 0) is 38.8 Å². The molecule has 0 aliphatic carbocycles. The zero-order valence-electron chi connectivity index (χ0n) is 13.9. The van der Waals surface area contributed by atoms with Crippen LogP contribution in [-0.2, 0) is 6.54 Å². The number of rotatable bonds is 3. The van der Waals surface area contributed by atoms with E-state index >= 15 is 0 Å². The first-order chi connectivity index (χ1) is 11.6. The van der Waals surface area contributed by atoms with Crippen molar-refractivity contribution in [3.05, 3.63) is 41.5 Å². The summed E-state index contributed by atoms with van der Waals surface area (Å²) in [4.78, 5) is 19.6. The Balaban J connectivity index is 1.69. The van der Waals surface area contributed by atoms with E-state index in [1.54, 1.807) is 6.20 Å². The number of amides is 1. The predicted molar refractivity (Wildman–Crippen MR) is 89.6 cm³/mol. The quantitative estimate of drug-likeness (QED) is 0.800. The molecule has 1 saturated heterocycles. The fourth-order valence-corrected chi connectivity index (χ4v) is 3.54. The lowest BCUT2D eigenvalue weighted by Gasteiger charge is -2.25. The zero-order valence-corrected chi connectivity index (χ0v) is 13.9. The van der Waals surface area contributed by atoms with Crippen molar-refractivity contribution in [2.75, 3.05) is 6.54 Å². The Kier molecular flexibility index (Phi) is 3.55. The summed E-state index contributed by atoms with van der Waals surface area (Å²) in [5, 5.41) is 12.2. The molecule has 0 radical (unpaired) electrons. The third-order valence-electron chi connectivity index (χ3n) is 4.66. The Hall–Kier alpha value is -2.70. The number of nitrogens with zero attached hydrogens (tertiary/aromatic N) is 5. The summed E-state index contributed by atoms with van der Waals surface area (Å²) in [6, 6.07) is 3.95. The standard InChI is InChI=1S/C17H20N6O/c1-11-9-14(15-12(2)20-21-16(15)19-11)17(24)23-8-3-5-13(23)10-22-7-4-6-18-22/h4,6-7,9,13H,3,5,8,10H2,1-2H3,(H,19,20,21)/t13-/m0/s1. The number of aromatic amines is 1. The largest absolute Gasteiger partial charge is 0.334 e. The van der Waals surface area contributed by atoms with Crippen molar-refractivity contribution >= 4 is 16.9 Å². The van der Waals surface area contributed by atoms with Gasteiger partial charge in [0.2, 0.25) is 0 Å². The molecule has 1 N–H and O–H groups in total. The van der Waals surface area contributed by atoms with E-state index in [0.717, 1.165) is 42.7 Å². The Bertz CT molecular complexity index is 882. The minimum absolute atomic E-state index is 0.0599. The third-order valence-corrected chi connectivity index (χ3v) is 4.66. The van der Waals surface area contributed by atoms with Gasteiger partial charge in [-0.1, -0.05) is 0 Å². The lowest BCUT2D eigenvalue weighted by atomic mass is 10.1. The van der Waals surface area contributed by atoms with Crippen molar-refractivity contribution in [1.82, 2.24) is 29.9 Å². The number of carbonyl (C=O) groups excluding carboxylic acids is 1. The molecule has 0 bridgehead atoms. The molecule has 3 aromatic rings. The van der Waals surface area contributed by atoms with Crippen LogP contribution in [0.5, 0.6) is 0 Å². The van der Waals surface area contributed by atoms with E-state index < -0.39 is 0 Å². The van der Waals surface area contributed by atoms with Gasteiger partial charge in [0.1, 0.15) is 0 Å². The number of nitrogens with one attached hydrogen (secondary N) is 1. The molecule has 1 aliphatic rings. The average Bonchev–Trinajstić information content (AvgIpc) is 3.29. The number of aromatic nitrogens is 5. The monoisotopic (exact) mass is 324 g/mol. The first kappa shape index (κ1) is 14.9. The molecule has 1 atom stereocenters. The molecule has 24 heavy (non-hydrogen) atoms. The smallest absolute Gasteiger partial charge is 0.255 e. The molecule has 0 aromatic carbocycles. The number of aryl methyl sites for hydroxylation is 2. The maximum Gasteiger partial charge on any atom is 0.255 e. The summed E-state index contributed by atoms with van der Waals surface area (Å²) in [7, 11) is 0. The molecular weight excluding hydrogens is 304 g/mol. The van der Waals surface area contributed by atoms with Crippen molar-refractivity contribution in [3.63, 3.8) is 0 Å². The van der Waals surface area contributed by atoms with Crippen LogP contribution in [0.2, 0.25) is 0 Å². The summed E-state index contributed by atoms with van der Waals surface area (Å²) < 4.78 is 1.90. The average molecular weight is 324 g/mol. The molecule has 0 saturated carbocycles. The Morgan fingerprint density at radius 1 is 1.42 bits per heavy atom. The van der Waals surface area contributed by atoms with Gasteiger partial charge in [0, 0.05) is 30.3 Å². The van der Waals surface area contributed by atoms with Crippen molar-refractivity contribution in [3.8, 4) is 0 Å². The van der Waals surface area contributed by atoms with E-state index in [0.29, 0.717) is 11.2 Å². The molecule has 0 unspecified atom stereocenters. The molecule has 7 nitrogen and oxygen atoms in total. The van der Waals surface area contributed by atoms with Gasteiger partial charge in [-0.15, -0.1) is 0 Å². The molecule has 7 heteroatoms. The normalized spacial score (nSPS) is 17.8. The fraction of sp³-hybridized carbons (Fsp3) is 0.412. The van der Waals surface area contributed by atoms with Crippen molar-refractivity contribution in [2.24, 2.45) is 0 Å². The number of carbonyl (C=O) groups is 1. The first-order valence-corrected chi connectivity index (χ1v) is 8.24. The summed E-state index contributed by atoms with van der Waals surface area (Å²) in [5.74, 6) is 0.0599. The van der Waals surface area contributed by atoms with Gasteiger partial charge in [-0.2, -0.15) is 10.2 Å². The number of fused-ring (bicyclic) bond motifs is 1.